The Morgan fingerprint density at radius 3 is 2.59 bits per heavy atom. The normalized spacial score (nSPS) is 17.0. The topological polar surface area (TPSA) is 66.5 Å². The van der Waals surface area contributed by atoms with Gasteiger partial charge in [0, 0.05) is 28.8 Å². The van der Waals surface area contributed by atoms with Crippen LogP contribution in [-0.2, 0) is 21.0 Å². The molecule has 0 aromatic heterocycles. The van der Waals surface area contributed by atoms with Gasteiger partial charge in [-0.1, -0.05) is 6.07 Å². The molecule has 0 radical (unpaired) electrons. The minimum Gasteiger partial charge on any atom is -0.310 e. The van der Waals surface area contributed by atoms with Crippen molar-refractivity contribution in [2.75, 3.05) is 21.9 Å². The molecule has 4 rings (SSSR count). The zero-order chi connectivity index (χ0) is 20.8. The minimum atomic E-state index is -4.58. The molecule has 1 aliphatic carbocycles. The van der Waals surface area contributed by atoms with Crippen LogP contribution in [0, 0.1) is 5.92 Å². The zero-order valence-corrected chi connectivity index (χ0v) is 16.7. The van der Waals surface area contributed by atoms with E-state index in [4.69, 9.17) is 0 Å². The summed E-state index contributed by atoms with van der Waals surface area (Å²) in [5, 5.41) is 0. The molecule has 1 aliphatic heterocycles. The van der Waals surface area contributed by atoms with Crippen LogP contribution in [0.2, 0.25) is 0 Å². The predicted molar refractivity (Wildman–Crippen MR) is 104 cm³/mol. The first-order valence-electron chi connectivity index (χ1n) is 8.93. The van der Waals surface area contributed by atoms with E-state index in [0.717, 1.165) is 41.7 Å². The second kappa shape index (κ2) is 7.24. The fourth-order valence-electron chi connectivity index (χ4n) is 3.12. The van der Waals surface area contributed by atoms with Gasteiger partial charge in [0.15, 0.2) is 0 Å². The van der Waals surface area contributed by atoms with E-state index in [1.807, 2.05) is 0 Å². The quantitative estimate of drug-likeness (QED) is 0.764. The third-order valence-corrected chi connectivity index (χ3v) is 7.16. The van der Waals surface area contributed by atoms with Crippen LogP contribution >= 0.6 is 11.8 Å². The van der Waals surface area contributed by atoms with Gasteiger partial charge in [-0.3, -0.25) is 9.52 Å². The molecule has 0 bridgehead atoms. The molecule has 10 heteroatoms. The lowest BCUT2D eigenvalue weighted by molar-refractivity contribution is -0.137. The van der Waals surface area contributed by atoms with E-state index >= 15 is 0 Å². The van der Waals surface area contributed by atoms with Gasteiger partial charge < -0.3 is 4.90 Å². The van der Waals surface area contributed by atoms with Crippen LogP contribution in [0.5, 0.6) is 0 Å². The highest BCUT2D eigenvalue weighted by atomic mass is 32.2. The van der Waals surface area contributed by atoms with E-state index in [1.54, 1.807) is 11.0 Å². The molecule has 0 unspecified atom stereocenters. The lowest BCUT2D eigenvalue weighted by Crippen LogP contribution is -2.36. The van der Waals surface area contributed by atoms with Crippen molar-refractivity contribution in [1.29, 1.82) is 0 Å². The maximum absolute atomic E-state index is 12.9. The fourth-order valence-corrected chi connectivity index (χ4v) is 5.16. The molecule has 0 spiro atoms. The van der Waals surface area contributed by atoms with Gasteiger partial charge in [0.05, 0.1) is 16.1 Å². The Balaban J connectivity index is 1.64. The Morgan fingerprint density at radius 1 is 1.14 bits per heavy atom. The van der Waals surface area contributed by atoms with Crippen molar-refractivity contribution in [3.63, 3.8) is 0 Å². The van der Waals surface area contributed by atoms with Gasteiger partial charge in [0.2, 0.25) is 5.91 Å². The van der Waals surface area contributed by atoms with Crippen LogP contribution in [0.15, 0.2) is 52.3 Å². The number of hydrogen-bond acceptors (Lipinski definition) is 4. The standard InChI is InChI=1S/C19H17F3N2O3S2/c20-19(21,22)13-2-1-3-14(10-13)23-29(26,27)15-6-7-17-16(11-15)24(8-9-28-17)18(25)12-4-5-12/h1-3,6-7,10-12,23H,4-5,8-9H2. The molecule has 0 saturated heterocycles. The molecule has 1 heterocycles. The maximum Gasteiger partial charge on any atom is 0.416 e. The number of carbonyl (C=O) groups excluding carboxylic acids is 1. The first-order chi connectivity index (χ1) is 13.6. The number of carbonyl (C=O) groups is 1. The van der Waals surface area contributed by atoms with Crippen LogP contribution < -0.4 is 9.62 Å². The molecule has 29 heavy (non-hydrogen) atoms. The second-order valence-electron chi connectivity index (χ2n) is 6.93. The van der Waals surface area contributed by atoms with Crippen LogP contribution in [0.25, 0.3) is 0 Å². The van der Waals surface area contributed by atoms with Crippen LogP contribution in [0.3, 0.4) is 0 Å². The molecular weight excluding hydrogens is 425 g/mol. The van der Waals surface area contributed by atoms with E-state index in [1.165, 1.54) is 30.0 Å². The number of benzene rings is 2. The maximum atomic E-state index is 12.9. The predicted octanol–water partition coefficient (Wildman–Crippen LogP) is 4.35. The third kappa shape index (κ3) is 4.23. The molecule has 154 valence electrons. The van der Waals surface area contributed by atoms with E-state index in [9.17, 15) is 26.4 Å². The van der Waals surface area contributed by atoms with Gasteiger partial charge in [0.25, 0.3) is 10.0 Å². The molecule has 1 fully saturated rings. The van der Waals surface area contributed by atoms with Crippen molar-refractivity contribution in [1.82, 2.24) is 0 Å². The lowest BCUT2D eigenvalue weighted by Gasteiger charge is -2.29. The molecule has 2 aliphatic rings. The minimum absolute atomic E-state index is 0.00514. The smallest absolute Gasteiger partial charge is 0.310 e. The lowest BCUT2D eigenvalue weighted by atomic mass is 10.2. The average molecular weight is 442 g/mol. The summed E-state index contributed by atoms with van der Waals surface area (Å²) >= 11 is 1.54. The Hall–Kier alpha value is -2.20. The van der Waals surface area contributed by atoms with Crippen molar-refractivity contribution in [3.05, 3.63) is 48.0 Å². The van der Waals surface area contributed by atoms with Crippen LogP contribution in [0.4, 0.5) is 24.5 Å². The first-order valence-corrected chi connectivity index (χ1v) is 11.4. The Bertz CT molecular complexity index is 1070. The summed E-state index contributed by atoms with van der Waals surface area (Å²) in [7, 11) is -4.13. The number of nitrogens with zero attached hydrogens (tertiary/aromatic N) is 1. The number of anilines is 2. The molecule has 2 aromatic rings. The fraction of sp³-hybridized carbons (Fsp3) is 0.316. The highest BCUT2D eigenvalue weighted by Gasteiger charge is 2.36. The highest BCUT2D eigenvalue weighted by Crippen LogP contribution is 2.40. The number of alkyl halides is 3. The number of amides is 1. The van der Waals surface area contributed by atoms with E-state index in [2.05, 4.69) is 4.72 Å². The van der Waals surface area contributed by atoms with Gasteiger partial charge in [-0.05, 0) is 49.2 Å². The number of thioether (sulfide) groups is 1. The SMILES string of the molecule is O=C(C1CC1)N1CCSc2ccc(S(=O)(=O)Nc3cccc(C(F)(F)F)c3)cc21. The van der Waals surface area contributed by atoms with E-state index in [0.29, 0.717) is 12.2 Å². The number of rotatable bonds is 4. The van der Waals surface area contributed by atoms with Gasteiger partial charge in [-0.2, -0.15) is 13.2 Å². The third-order valence-electron chi connectivity index (χ3n) is 4.74. The summed E-state index contributed by atoms with van der Waals surface area (Å²) in [6.45, 7) is 0.498. The number of sulfonamides is 1. The molecule has 1 saturated carbocycles. The van der Waals surface area contributed by atoms with Crippen molar-refractivity contribution in [2.45, 2.75) is 28.8 Å². The van der Waals surface area contributed by atoms with Gasteiger partial charge in [-0.15, -0.1) is 11.8 Å². The van der Waals surface area contributed by atoms with Crippen molar-refractivity contribution >= 4 is 39.1 Å². The number of nitrogens with one attached hydrogen (secondary N) is 1. The van der Waals surface area contributed by atoms with Gasteiger partial charge in [-0.25, -0.2) is 8.42 Å². The van der Waals surface area contributed by atoms with Crippen LogP contribution in [-0.4, -0.2) is 26.6 Å². The summed E-state index contributed by atoms with van der Waals surface area (Å²) in [6.07, 6.45) is -2.89. The first kappa shape index (κ1) is 20.1. The molecule has 1 N–H and O–H groups in total. The van der Waals surface area contributed by atoms with Crippen molar-refractivity contribution < 1.29 is 26.4 Å². The second-order valence-corrected chi connectivity index (χ2v) is 9.75. The monoisotopic (exact) mass is 442 g/mol. The van der Waals surface area contributed by atoms with E-state index < -0.39 is 21.8 Å². The summed E-state index contributed by atoms with van der Waals surface area (Å²) in [4.78, 5) is 14.9. The number of halogens is 3. The Morgan fingerprint density at radius 2 is 1.90 bits per heavy atom. The van der Waals surface area contributed by atoms with Crippen molar-refractivity contribution in [3.8, 4) is 0 Å². The summed E-state index contributed by atoms with van der Waals surface area (Å²) in [5.41, 5.74) is -0.594. The summed E-state index contributed by atoms with van der Waals surface area (Å²) in [6, 6.07) is 8.45. The number of fused-ring (bicyclic) bond motifs is 1. The van der Waals surface area contributed by atoms with Gasteiger partial charge >= 0.3 is 6.18 Å². The molecule has 2 aromatic carbocycles. The number of hydrogen-bond donors (Lipinski definition) is 1. The highest BCUT2D eigenvalue weighted by molar-refractivity contribution is 7.99. The van der Waals surface area contributed by atoms with E-state index in [-0.39, 0.29) is 22.4 Å². The van der Waals surface area contributed by atoms with Crippen molar-refractivity contribution in [2.24, 2.45) is 5.92 Å². The summed E-state index contributed by atoms with van der Waals surface area (Å²) in [5.74, 6) is 0.710. The largest absolute Gasteiger partial charge is 0.416 e. The average Bonchev–Trinajstić information content (AvgIpc) is 3.51. The van der Waals surface area contributed by atoms with Crippen LogP contribution in [0.1, 0.15) is 18.4 Å². The summed E-state index contributed by atoms with van der Waals surface area (Å²) < 4.78 is 66.4. The molecule has 1 amide bonds. The molecular formula is C19H17F3N2O3S2. The Labute approximate surface area is 170 Å². The molecule has 5 nitrogen and oxygen atoms in total. The Kier molecular flexibility index (Phi) is 5.02. The van der Waals surface area contributed by atoms with Gasteiger partial charge in [0.1, 0.15) is 0 Å². The molecule has 0 atom stereocenters. The zero-order valence-electron chi connectivity index (χ0n) is 15.1.